The van der Waals surface area contributed by atoms with Gasteiger partial charge in [0.05, 0.1) is 6.04 Å². The molecule has 3 atom stereocenters. The van der Waals surface area contributed by atoms with Crippen molar-refractivity contribution in [2.75, 3.05) is 5.32 Å². The summed E-state index contributed by atoms with van der Waals surface area (Å²) in [6.45, 7) is 0. The van der Waals surface area contributed by atoms with Gasteiger partial charge in [0.25, 0.3) is 0 Å². The van der Waals surface area contributed by atoms with Crippen molar-refractivity contribution >= 4 is 34.8 Å². The molecule has 1 saturated carbocycles. The molecule has 3 unspecified atom stereocenters. The van der Waals surface area contributed by atoms with Gasteiger partial charge in [-0.3, -0.25) is 4.79 Å². The Morgan fingerprint density at radius 1 is 1.24 bits per heavy atom. The summed E-state index contributed by atoms with van der Waals surface area (Å²) >= 11 is 1.57. The lowest BCUT2D eigenvalue weighted by atomic mass is 9.85. The van der Waals surface area contributed by atoms with Crippen LogP contribution in [0.2, 0.25) is 0 Å². The second-order valence-corrected chi connectivity index (χ2v) is 8.00. The van der Waals surface area contributed by atoms with Gasteiger partial charge in [-0.05, 0) is 30.7 Å². The van der Waals surface area contributed by atoms with Crippen LogP contribution in [-0.4, -0.2) is 23.0 Å². The molecule has 1 saturated heterocycles. The summed E-state index contributed by atoms with van der Waals surface area (Å²) in [6, 6.07) is 10.8. The Labute approximate surface area is 158 Å². The van der Waals surface area contributed by atoms with E-state index in [9.17, 15) is 4.79 Å². The van der Waals surface area contributed by atoms with Gasteiger partial charge in [-0.1, -0.05) is 43.2 Å². The van der Waals surface area contributed by atoms with E-state index in [0.29, 0.717) is 17.1 Å². The van der Waals surface area contributed by atoms with Crippen molar-refractivity contribution in [1.29, 1.82) is 0 Å². The number of fused-ring (bicyclic) bond motifs is 1. The average Bonchev–Trinajstić information content (AvgIpc) is 3.22. The lowest BCUT2D eigenvalue weighted by molar-refractivity contribution is -0.117. The number of carbonyl (C=O) groups excluding carboxylic acids is 1. The number of hydrogen-bond acceptors (Lipinski definition) is 4. The number of benzene rings is 1. The van der Waals surface area contributed by atoms with Gasteiger partial charge in [0.2, 0.25) is 5.91 Å². The molecular formula is C19H24ClN3OS. The molecule has 6 heteroatoms. The third-order valence-corrected chi connectivity index (χ3v) is 6.10. The van der Waals surface area contributed by atoms with E-state index in [1.54, 1.807) is 11.3 Å². The topological polar surface area (TPSA) is 54.0 Å². The third-order valence-electron chi connectivity index (χ3n) is 5.18. The number of anilines is 1. The minimum Gasteiger partial charge on any atom is -0.303 e. The fourth-order valence-electron chi connectivity index (χ4n) is 3.96. The number of amides is 1. The van der Waals surface area contributed by atoms with E-state index in [1.807, 2.05) is 24.4 Å². The Balaban J connectivity index is 0.00000182. The number of halogens is 1. The zero-order valence-electron chi connectivity index (χ0n) is 14.1. The summed E-state index contributed by atoms with van der Waals surface area (Å²) in [6.07, 6.45) is 8.78. The minimum atomic E-state index is -0.0560. The lowest BCUT2D eigenvalue weighted by Crippen LogP contribution is -2.39. The summed E-state index contributed by atoms with van der Waals surface area (Å²) in [5, 5.41) is 7.24. The quantitative estimate of drug-likeness (QED) is 0.846. The molecular weight excluding hydrogens is 354 g/mol. The van der Waals surface area contributed by atoms with Crippen LogP contribution >= 0.6 is 23.7 Å². The molecule has 1 aromatic carbocycles. The van der Waals surface area contributed by atoms with E-state index >= 15 is 0 Å². The fourth-order valence-corrected chi connectivity index (χ4v) is 4.81. The first-order chi connectivity index (χ1) is 11.8. The second kappa shape index (κ2) is 8.30. The first-order valence-corrected chi connectivity index (χ1v) is 9.65. The van der Waals surface area contributed by atoms with Crippen LogP contribution in [-0.2, 0) is 11.2 Å². The molecule has 1 amide bonds. The highest BCUT2D eigenvalue weighted by molar-refractivity contribution is 7.15. The van der Waals surface area contributed by atoms with Crippen LogP contribution < -0.4 is 10.6 Å². The van der Waals surface area contributed by atoms with Crippen molar-refractivity contribution in [1.82, 2.24) is 10.3 Å². The summed E-state index contributed by atoms with van der Waals surface area (Å²) in [4.78, 5) is 18.1. The number of nitrogens with zero attached hydrogens (tertiary/aromatic N) is 1. The zero-order valence-corrected chi connectivity index (χ0v) is 15.7. The van der Waals surface area contributed by atoms with Crippen molar-refractivity contribution < 1.29 is 4.79 Å². The van der Waals surface area contributed by atoms with E-state index in [-0.39, 0.29) is 24.4 Å². The summed E-state index contributed by atoms with van der Waals surface area (Å²) < 4.78 is 0. The number of thiazole rings is 1. The number of hydrogen-bond donors (Lipinski definition) is 2. The van der Waals surface area contributed by atoms with Gasteiger partial charge in [-0.25, -0.2) is 4.98 Å². The monoisotopic (exact) mass is 377 g/mol. The van der Waals surface area contributed by atoms with E-state index in [2.05, 4.69) is 27.8 Å². The van der Waals surface area contributed by atoms with Crippen LogP contribution in [0, 0.1) is 5.92 Å². The molecule has 25 heavy (non-hydrogen) atoms. The molecule has 4 nitrogen and oxygen atoms in total. The van der Waals surface area contributed by atoms with E-state index < -0.39 is 0 Å². The molecule has 2 aromatic rings. The number of nitrogens with one attached hydrogen (secondary N) is 2. The molecule has 1 aromatic heterocycles. The standard InChI is InChI=1S/C19H23N3OS.ClH/c23-18(17-11-14-8-4-5-9-16(14)21-17)22-19-20-12-15(24-19)10-13-6-2-1-3-7-13;/h1-3,6-7,12,14,16-17,21H,4-5,8-11H2,(H,20,22,23);1H. The Hall–Kier alpha value is -1.43. The fraction of sp³-hybridized carbons (Fsp3) is 0.474. The summed E-state index contributed by atoms with van der Waals surface area (Å²) in [5.41, 5.74) is 1.26. The first kappa shape index (κ1) is 18.4. The Kier molecular flexibility index (Phi) is 6.10. The highest BCUT2D eigenvalue weighted by Gasteiger charge is 2.38. The van der Waals surface area contributed by atoms with E-state index in [1.165, 1.54) is 36.1 Å². The molecule has 2 aliphatic rings. The minimum absolute atomic E-state index is 0. The molecule has 134 valence electrons. The number of rotatable bonds is 4. The molecule has 4 rings (SSSR count). The molecule has 1 aliphatic heterocycles. The zero-order chi connectivity index (χ0) is 16.4. The highest BCUT2D eigenvalue weighted by Crippen LogP contribution is 2.33. The van der Waals surface area contributed by atoms with Crippen LogP contribution in [0.1, 0.15) is 42.5 Å². The molecule has 2 N–H and O–H groups in total. The van der Waals surface area contributed by atoms with Crippen molar-refractivity contribution in [2.45, 2.75) is 50.6 Å². The highest BCUT2D eigenvalue weighted by atomic mass is 35.5. The largest absolute Gasteiger partial charge is 0.303 e. The smallest absolute Gasteiger partial charge is 0.243 e. The Bertz CT molecular complexity index is 692. The Morgan fingerprint density at radius 3 is 2.84 bits per heavy atom. The van der Waals surface area contributed by atoms with Crippen molar-refractivity contribution in [3.05, 3.63) is 47.0 Å². The number of aromatic nitrogens is 1. The predicted octanol–water partition coefficient (Wildman–Crippen LogP) is 4.01. The third kappa shape index (κ3) is 4.40. The molecule has 2 heterocycles. The van der Waals surface area contributed by atoms with Crippen molar-refractivity contribution in [3.8, 4) is 0 Å². The summed E-state index contributed by atoms with van der Waals surface area (Å²) in [5.74, 6) is 0.754. The average molecular weight is 378 g/mol. The molecule has 0 radical (unpaired) electrons. The maximum Gasteiger partial charge on any atom is 0.243 e. The molecule has 2 fully saturated rings. The van der Waals surface area contributed by atoms with Gasteiger partial charge >= 0.3 is 0 Å². The van der Waals surface area contributed by atoms with Crippen LogP contribution in [0.3, 0.4) is 0 Å². The van der Waals surface area contributed by atoms with Crippen molar-refractivity contribution in [2.24, 2.45) is 5.92 Å². The van der Waals surface area contributed by atoms with Crippen LogP contribution in [0.25, 0.3) is 0 Å². The maximum absolute atomic E-state index is 12.5. The van der Waals surface area contributed by atoms with Crippen molar-refractivity contribution in [3.63, 3.8) is 0 Å². The van der Waals surface area contributed by atoms with Gasteiger partial charge in [0, 0.05) is 23.5 Å². The van der Waals surface area contributed by atoms with Gasteiger partial charge in [0.1, 0.15) is 0 Å². The lowest BCUT2D eigenvalue weighted by Gasteiger charge is -2.24. The van der Waals surface area contributed by atoms with Gasteiger partial charge in [0.15, 0.2) is 5.13 Å². The predicted molar refractivity (Wildman–Crippen MR) is 105 cm³/mol. The van der Waals surface area contributed by atoms with Gasteiger partial charge < -0.3 is 10.6 Å². The second-order valence-electron chi connectivity index (χ2n) is 6.89. The Morgan fingerprint density at radius 2 is 2.04 bits per heavy atom. The summed E-state index contributed by atoms with van der Waals surface area (Å²) in [7, 11) is 0. The van der Waals surface area contributed by atoms with Crippen LogP contribution in [0.15, 0.2) is 36.5 Å². The maximum atomic E-state index is 12.5. The van der Waals surface area contributed by atoms with E-state index in [0.717, 1.165) is 12.8 Å². The normalized spacial score (nSPS) is 25.0. The molecule has 1 aliphatic carbocycles. The number of carbonyl (C=O) groups is 1. The SMILES string of the molecule is Cl.O=C(Nc1ncc(Cc2ccccc2)s1)C1CC2CCCCC2N1. The van der Waals surface area contributed by atoms with Crippen LogP contribution in [0.5, 0.6) is 0 Å². The van der Waals surface area contributed by atoms with Crippen LogP contribution in [0.4, 0.5) is 5.13 Å². The molecule has 0 bridgehead atoms. The van der Waals surface area contributed by atoms with E-state index in [4.69, 9.17) is 0 Å². The molecule has 0 spiro atoms. The van der Waals surface area contributed by atoms with Gasteiger partial charge in [-0.2, -0.15) is 0 Å². The van der Waals surface area contributed by atoms with Gasteiger partial charge in [-0.15, -0.1) is 23.7 Å². The first-order valence-electron chi connectivity index (χ1n) is 8.83.